The number of amides is 2. The average Bonchev–Trinajstić information content (AvgIpc) is 3.11. The molecule has 20 heavy (non-hydrogen) atoms. The van der Waals surface area contributed by atoms with Crippen LogP contribution in [0.5, 0.6) is 0 Å². The van der Waals surface area contributed by atoms with Crippen LogP contribution < -0.4 is 11.1 Å². The maximum Gasteiger partial charge on any atom is 0.326 e. The Morgan fingerprint density at radius 3 is 2.70 bits per heavy atom. The van der Waals surface area contributed by atoms with Crippen molar-refractivity contribution in [3.63, 3.8) is 0 Å². The summed E-state index contributed by atoms with van der Waals surface area (Å²) < 4.78 is 0. The van der Waals surface area contributed by atoms with Gasteiger partial charge >= 0.3 is 5.97 Å². The van der Waals surface area contributed by atoms with E-state index in [0.717, 1.165) is 12.8 Å². The number of hydrogen-bond acceptors (Lipinski definition) is 5. The van der Waals surface area contributed by atoms with Crippen LogP contribution in [-0.4, -0.2) is 44.1 Å². The summed E-state index contributed by atoms with van der Waals surface area (Å²) in [6, 6.07) is -1.20. The number of aliphatic carboxylic acids is 1. The third-order valence-corrected chi connectivity index (χ3v) is 2.95. The highest BCUT2D eigenvalue weighted by Gasteiger charge is 2.29. The van der Waals surface area contributed by atoms with E-state index >= 15 is 0 Å². The van der Waals surface area contributed by atoms with Gasteiger partial charge in [-0.15, -0.1) is 5.10 Å². The lowest BCUT2D eigenvalue weighted by Gasteiger charge is -2.11. The molecule has 5 N–H and O–H groups in total. The molecule has 0 saturated heterocycles. The first-order valence-corrected chi connectivity index (χ1v) is 6.21. The number of primary amides is 1. The lowest BCUT2D eigenvalue weighted by molar-refractivity contribution is -0.139. The second-order valence-corrected chi connectivity index (χ2v) is 4.69. The summed E-state index contributed by atoms with van der Waals surface area (Å²) in [7, 11) is 0. The summed E-state index contributed by atoms with van der Waals surface area (Å²) >= 11 is 0. The highest BCUT2D eigenvalue weighted by atomic mass is 16.4. The fourth-order valence-corrected chi connectivity index (χ4v) is 1.68. The van der Waals surface area contributed by atoms with Crippen LogP contribution in [0.25, 0.3) is 0 Å². The number of carbonyl (C=O) groups excluding carboxylic acids is 2. The van der Waals surface area contributed by atoms with E-state index in [-0.39, 0.29) is 18.7 Å². The molecule has 1 saturated carbocycles. The van der Waals surface area contributed by atoms with Crippen molar-refractivity contribution in [3.05, 3.63) is 11.6 Å². The van der Waals surface area contributed by atoms with Crippen LogP contribution in [0.1, 0.15) is 48.0 Å². The van der Waals surface area contributed by atoms with Crippen molar-refractivity contribution in [2.75, 3.05) is 0 Å². The average molecular weight is 281 g/mol. The molecule has 9 nitrogen and oxygen atoms in total. The summed E-state index contributed by atoms with van der Waals surface area (Å²) in [6.07, 6.45) is 1.81. The van der Waals surface area contributed by atoms with E-state index in [2.05, 4.69) is 20.5 Å². The minimum absolute atomic E-state index is 0.0731. The fourth-order valence-electron chi connectivity index (χ4n) is 1.68. The second-order valence-electron chi connectivity index (χ2n) is 4.69. The monoisotopic (exact) mass is 281 g/mol. The molecule has 1 fully saturated rings. The van der Waals surface area contributed by atoms with Gasteiger partial charge in [0.15, 0.2) is 0 Å². The second kappa shape index (κ2) is 5.68. The van der Waals surface area contributed by atoms with Crippen LogP contribution in [0.2, 0.25) is 0 Å². The van der Waals surface area contributed by atoms with Gasteiger partial charge in [0.1, 0.15) is 11.9 Å². The third-order valence-electron chi connectivity index (χ3n) is 2.95. The predicted molar refractivity (Wildman–Crippen MR) is 65.7 cm³/mol. The number of rotatable bonds is 7. The number of carboxylic acids is 1. The van der Waals surface area contributed by atoms with Gasteiger partial charge in [-0.25, -0.2) is 9.78 Å². The van der Waals surface area contributed by atoms with Gasteiger partial charge in [0.2, 0.25) is 11.7 Å². The topological polar surface area (TPSA) is 151 Å². The van der Waals surface area contributed by atoms with Crippen LogP contribution >= 0.6 is 0 Å². The molecule has 0 bridgehead atoms. The van der Waals surface area contributed by atoms with E-state index in [0.29, 0.717) is 11.7 Å². The summed E-state index contributed by atoms with van der Waals surface area (Å²) in [5, 5.41) is 17.6. The van der Waals surface area contributed by atoms with Crippen LogP contribution in [0.4, 0.5) is 0 Å². The van der Waals surface area contributed by atoms with Crippen molar-refractivity contribution in [2.45, 2.75) is 37.6 Å². The van der Waals surface area contributed by atoms with Gasteiger partial charge in [0.05, 0.1) is 0 Å². The number of H-pyrrole nitrogens is 1. The molecule has 1 aliphatic rings. The summed E-state index contributed by atoms with van der Waals surface area (Å²) in [4.78, 5) is 37.5. The Bertz CT molecular complexity index is 537. The zero-order valence-electron chi connectivity index (χ0n) is 10.6. The third kappa shape index (κ3) is 3.53. The highest BCUT2D eigenvalue weighted by Crippen LogP contribution is 2.37. The molecule has 9 heteroatoms. The van der Waals surface area contributed by atoms with Crippen molar-refractivity contribution in [1.82, 2.24) is 20.5 Å². The number of aromatic amines is 1. The molecule has 1 aromatic heterocycles. The number of nitrogens with zero attached hydrogens (tertiary/aromatic N) is 2. The maximum absolute atomic E-state index is 11.8. The molecule has 0 aliphatic heterocycles. The largest absolute Gasteiger partial charge is 0.480 e. The van der Waals surface area contributed by atoms with Crippen molar-refractivity contribution in [1.29, 1.82) is 0 Å². The van der Waals surface area contributed by atoms with Crippen LogP contribution in [0, 0.1) is 0 Å². The summed E-state index contributed by atoms with van der Waals surface area (Å²) in [5.74, 6) is -1.70. The SMILES string of the molecule is NC(=O)CCC(NC(=O)c1n[nH]c(C2CC2)n1)C(=O)O. The van der Waals surface area contributed by atoms with Crippen molar-refractivity contribution >= 4 is 17.8 Å². The van der Waals surface area contributed by atoms with E-state index in [4.69, 9.17) is 10.8 Å². The molecular formula is C11H15N5O4. The van der Waals surface area contributed by atoms with E-state index in [1.54, 1.807) is 0 Å². The Balaban J connectivity index is 1.95. The smallest absolute Gasteiger partial charge is 0.326 e. The minimum Gasteiger partial charge on any atom is -0.480 e. The van der Waals surface area contributed by atoms with E-state index < -0.39 is 23.8 Å². The number of aromatic nitrogens is 3. The number of nitrogens with one attached hydrogen (secondary N) is 2. The molecule has 1 aliphatic carbocycles. The first-order chi connectivity index (χ1) is 9.47. The lowest BCUT2D eigenvalue weighted by atomic mass is 10.1. The standard InChI is InChI=1S/C11H15N5O4/c12-7(17)4-3-6(11(19)20)13-10(18)9-14-8(15-16-9)5-1-2-5/h5-6H,1-4H2,(H2,12,17)(H,13,18)(H,19,20)(H,14,15,16). The van der Waals surface area contributed by atoms with Gasteiger partial charge in [-0.3, -0.25) is 14.7 Å². The molecule has 0 aromatic carbocycles. The summed E-state index contributed by atoms with van der Waals surface area (Å²) in [5.41, 5.74) is 4.95. The molecule has 108 valence electrons. The van der Waals surface area contributed by atoms with Gasteiger partial charge in [-0.05, 0) is 19.3 Å². The summed E-state index contributed by atoms with van der Waals surface area (Å²) in [6.45, 7) is 0. The van der Waals surface area contributed by atoms with Crippen LogP contribution in [-0.2, 0) is 9.59 Å². The Morgan fingerprint density at radius 1 is 1.45 bits per heavy atom. The molecule has 1 atom stereocenters. The first-order valence-electron chi connectivity index (χ1n) is 6.21. The van der Waals surface area contributed by atoms with E-state index in [9.17, 15) is 14.4 Å². The van der Waals surface area contributed by atoms with Gasteiger partial charge in [-0.2, -0.15) is 0 Å². The fraction of sp³-hybridized carbons (Fsp3) is 0.545. The molecule has 2 rings (SSSR count). The van der Waals surface area contributed by atoms with Crippen LogP contribution in [0.3, 0.4) is 0 Å². The van der Waals surface area contributed by atoms with Crippen molar-refractivity contribution < 1.29 is 19.5 Å². The molecule has 2 amide bonds. The van der Waals surface area contributed by atoms with Gasteiger partial charge in [0.25, 0.3) is 5.91 Å². The molecule has 1 unspecified atom stereocenters. The number of carbonyl (C=O) groups is 3. The Kier molecular flexibility index (Phi) is 3.97. The van der Waals surface area contributed by atoms with E-state index in [1.807, 2.05) is 0 Å². The number of nitrogens with two attached hydrogens (primary N) is 1. The number of hydrogen-bond donors (Lipinski definition) is 4. The molecule has 1 heterocycles. The Labute approximate surface area is 113 Å². The van der Waals surface area contributed by atoms with Crippen molar-refractivity contribution in [3.8, 4) is 0 Å². The maximum atomic E-state index is 11.8. The quantitative estimate of drug-likeness (QED) is 0.510. The minimum atomic E-state index is -1.24. The molecule has 0 radical (unpaired) electrons. The Morgan fingerprint density at radius 2 is 2.15 bits per heavy atom. The molecule has 1 aromatic rings. The predicted octanol–water partition coefficient (Wildman–Crippen LogP) is -0.869. The zero-order chi connectivity index (χ0) is 14.7. The van der Waals surface area contributed by atoms with Gasteiger partial charge in [-0.1, -0.05) is 0 Å². The van der Waals surface area contributed by atoms with Crippen molar-refractivity contribution in [2.24, 2.45) is 5.73 Å². The highest BCUT2D eigenvalue weighted by molar-refractivity contribution is 5.93. The lowest BCUT2D eigenvalue weighted by Crippen LogP contribution is -2.41. The molecular weight excluding hydrogens is 266 g/mol. The van der Waals surface area contributed by atoms with Gasteiger partial charge < -0.3 is 16.2 Å². The number of carboxylic acid groups (broad SMARTS) is 1. The first kappa shape index (κ1) is 14.0. The van der Waals surface area contributed by atoms with Gasteiger partial charge in [0, 0.05) is 12.3 Å². The van der Waals surface area contributed by atoms with Crippen LogP contribution in [0.15, 0.2) is 0 Å². The molecule has 0 spiro atoms. The Hall–Kier alpha value is -2.45. The zero-order valence-corrected chi connectivity index (χ0v) is 10.6. The normalized spacial score (nSPS) is 15.6. The van der Waals surface area contributed by atoms with E-state index in [1.165, 1.54) is 0 Å².